The van der Waals surface area contributed by atoms with Crippen molar-refractivity contribution in [2.24, 2.45) is 0 Å². The summed E-state index contributed by atoms with van der Waals surface area (Å²) in [6, 6.07) is 10.8. The number of amides is 1. The third kappa shape index (κ3) is 3.73. The van der Waals surface area contributed by atoms with Gasteiger partial charge in [0, 0.05) is 54.8 Å². The van der Waals surface area contributed by atoms with E-state index < -0.39 is 5.82 Å². The van der Waals surface area contributed by atoms with Crippen LogP contribution in [0.2, 0.25) is 0 Å². The zero-order chi connectivity index (χ0) is 22.2. The minimum atomic E-state index is -0.486. The number of rotatable bonds is 3. The fourth-order valence-corrected chi connectivity index (χ4v) is 4.42. The molecule has 1 aliphatic rings. The van der Waals surface area contributed by atoms with Crippen LogP contribution in [0.25, 0.3) is 21.9 Å². The largest absolute Gasteiger partial charge is 0.367 e. The predicted molar refractivity (Wildman–Crippen MR) is 123 cm³/mol. The van der Waals surface area contributed by atoms with E-state index in [1.165, 1.54) is 12.3 Å². The summed E-state index contributed by atoms with van der Waals surface area (Å²) in [6.45, 7) is 5.98. The Morgan fingerprint density at radius 2 is 1.72 bits per heavy atom. The smallest absolute Gasteiger partial charge is 0.257 e. The number of carbonyl (C=O) groups is 1. The van der Waals surface area contributed by atoms with E-state index in [0.29, 0.717) is 39.8 Å². The summed E-state index contributed by atoms with van der Waals surface area (Å²) in [5.41, 5.74) is 3.16. The quantitative estimate of drug-likeness (QED) is 0.515. The Morgan fingerprint density at radius 3 is 2.50 bits per heavy atom. The van der Waals surface area contributed by atoms with Crippen molar-refractivity contribution in [3.8, 4) is 0 Å². The van der Waals surface area contributed by atoms with Crippen LogP contribution in [0.4, 0.5) is 15.8 Å². The minimum absolute atomic E-state index is 0.269. The number of nitrogens with one attached hydrogen (secondary N) is 2. The van der Waals surface area contributed by atoms with Crippen LogP contribution in [0.5, 0.6) is 0 Å². The Bertz CT molecular complexity index is 1320. The normalized spacial score (nSPS) is 18.8. The van der Waals surface area contributed by atoms with Gasteiger partial charge >= 0.3 is 0 Å². The summed E-state index contributed by atoms with van der Waals surface area (Å²) in [6.07, 6.45) is 4.75. The van der Waals surface area contributed by atoms with Gasteiger partial charge in [-0.3, -0.25) is 19.7 Å². The average Bonchev–Trinajstić information content (AvgIpc) is 2.77. The minimum Gasteiger partial charge on any atom is -0.367 e. The Balaban J connectivity index is 1.50. The maximum Gasteiger partial charge on any atom is 0.257 e. The molecule has 7 nitrogen and oxygen atoms in total. The first-order valence-corrected chi connectivity index (χ1v) is 10.6. The Hall–Kier alpha value is -3.65. The highest BCUT2D eigenvalue weighted by Gasteiger charge is 2.24. The van der Waals surface area contributed by atoms with Crippen molar-refractivity contribution in [1.29, 1.82) is 0 Å². The topological polar surface area (TPSA) is 83.0 Å². The Morgan fingerprint density at radius 1 is 1.00 bits per heavy atom. The molecule has 1 amide bonds. The lowest BCUT2D eigenvalue weighted by Gasteiger charge is -2.38. The number of anilines is 2. The summed E-state index contributed by atoms with van der Waals surface area (Å²) in [5.74, 6) is -0.855. The van der Waals surface area contributed by atoms with Crippen molar-refractivity contribution in [1.82, 2.24) is 20.3 Å². The monoisotopic (exact) mass is 430 g/mol. The molecule has 0 radical (unpaired) electrons. The van der Waals surface area contributed by atoms with E-state index in [9.17, 15) is 9.18 Å². The van der Waals surface area contributed by atoms with Crippen molar-refractivity contribution in [3.05, 3.63) is 66.4 Å². The van der Waals surface area contributed by atoms with Gasteiger partial charge in [-0.05, 0) is 44.2 Å². The molecule has 162 valence electrons. The van der Waals surface area contributed by atoms with Crippen LogP contribution < -0.4 is 15.5 Å². The molecule has 0 unspecified atom stereocenters. The molecule has 0 aliphatic carbocycles. The molecule has 32 heavy (non-hydrogen) atoms. The van der Waals surface area contributed by atoms with Crippen molar-refractivity contribution < 1.29 is 9.18 Å². The van der Waals surface area contributed by atoms with Gasteiger partial charge < -0.3 is 15.5 Å². The number of pyridine rings is 1. The molecule has 5 rings (SSSR count). The Kier molecular flexibility index (Phi) is 5.14. The number of halogens is 1. The fraction of sp³-hybridized carbons (Fsp3) is 0.250. The zero-order valence-electron chi connectivity index (χ0n) is 17.8. The van der Waals surface area contributed by atoms with E-state index in [-0.39, 0.29) is 11.4 Å². The summed E-state index contributed by atoms with van der Waals surface area (Å²) in [7, 11) is 0. The summed E-state index contributed by atoms with van der Waals surface area (Å²) < 4.78 is 14.4. The van der Waals surface area contributed by atoms with Crippen molar-refractivity contribution >= 4 is 39.2 Å². The molecule has 0 saturated carbocycles. The number of hydrogen-bond donors (Lipinski definition) is 2. The first kappa shape index (κ1) is 20.3. The lowest BCUT2D eigenvalue weighted by molar-refractivity contribution is 0.102. The number of fused-ring (bicyclic) bond motifs is 2. The van der Waals surface area contributed by atoms with Crippen LogP contribution in [0.15, 0.2) is 55.0 Å². The molecular weight excluding hydrogens is 407 g/mol. The van der Waals surface area contributed by atoms with Gasteiger partial charge in [0.25, 0.3) is 5.91 Å². The van der Waals surface area contributed by atoms with E-state index in [2.05, 4.69) is 44.3 Å². The fourth-order valence-electron chi connectivity index (χ4n) is 4.42. The van der Waals surface area contributed by atoms with E-state index in [4.69, 9.17) is 0 Å². The molecule has 2 aromatic carbocycles. The zero-order valence-corrected chi connectivity index (χ0v) is 17.8. The third-order valence-electron chi connectivity index (χ3n) is 5.66. The SMILES string of the molecule is C[C@@H]1CN(c2ccc(C(=O)Nc3cc(F)c4ncccc4c3)c3nccnc23)C[C@@H](C)N1. The molecule has 8 heteroatoms. The van der Waals surface area contributed by atoms with Gasteiger partial charge in [0.1, 0.15) is 16.6 Å². The van der Waals surface area contributed by atoms with E-state index in [1.807, 2.05) is 6.07 Å². The molecule has 4 aromatic rings. The first-order chi connectivity index (χ1) is 15.5. The highest BCUT2D eigenvalue weighted by molar-refractivity contribution is 6.13. The molecule has 2 aromatic heterocycles. The number of carbonyl (C=O) groups excluding carboxylic acids is 1. The number of hydrogen-bond acceptors (Lipinski definition) is 6. The van der Waals surface area contributed by atoms with Gasteiger partial charge in [-0.25, -0.2) is 4.39 Å². The van der Waals surface area contributed by atoms with Crippen LogP contribution in [0.1, 0.15) is 24.2 Å². The lowest BCUT2D eigenvalue weighted by Crippen LogP contribution is -2.54. The first-order valence-electron chi connectivity index (χ1n) is 10.6. The van der Waals surface area contributed by atoms with Gasteiger partial charge in [-0.1, -0.05) is 6.07 Å². The summed E-state index contributed by atoms with van der Waals surface area (Å²) >= 11 is 0. The number of benzene rings is 2. The third-order valence-corrected chi connectivity index (χ3v) is 5.66. The van der Waals surface area contributed by atoms with Gasteiger partial charge in [-0.15, -0.1) is 0 Å². The molecule has 2 atom stereocenters. The predicted octanol–water partition coefficient (Wildman–Crippen LogP) is 3.76. The summed E-state index contributed by atoms with van der Waals surface area (Å²) in [4.78, 5) is 28.4. The molecule has 2 N–H and O–H groups in total. The van der Waals surface area contributed by atoms with Crippen molar-refractivity contribution in [2.75, 3.05) is 23.3 Å². The van der Waals surface area contributed by atoms with E-state index >= 15 is 0 Å². The lowest BCUT2D eigenvalue weighted by atomic mass is 10.1. The van der Waals surface area contributed by atoms with Gasteiger partial charge in [0.05, 0.1) is 11.3 Å². The molecule has 1 aliphatic heterocycles. The van der Waals surface area contributed by atoms with Crippen LogP contribution in [-0.4, -0.2) is 46.0 Å². The molecule has 0 spiro atoms. The molecule has 3 heterocycles. The molecule has 0 bridgehead atoms. The van der Waals surface area contributed by atoms with E-state index in [0.717, 1.165) is 18.8 Å². The molecule has 1 saturated heterocycles. The number of piperazine rings is 1. The second kappa shape index (κ2) is 8.12. The van der Waals surface area contributed by atoms with Crippen LogP contribution in [0.3, 0.4) is 0 Å². The van der Waals surface area contributed by atoms with Gasteiger partial charge in [0.15, 0.2) is 5.82 Å². The van der Waals surface area contributed by atoms with Crippen molar-refractivity contribution in [3.63, 3.8) is 0 Å². The standard InChI is InChI=1S/C24H23FN6O/c1-14-12-31(13-15(2)29-14)20-6-5-18(22-23(20)28-9-8-27-22)24(32)30-17-10-16-4-3-7-26-21(16)19(25)11-17/h3-11,14-15,29H,12-13H2,1-2H3,(H,30,32)/t14-,15-/m1/s1. The number of nitrogens with zero attached hydrogens (tertiary/aromatic N) is 4. The van der Waals surface area contributed by atoms with Gasteiger partial charge in [0.2, 0.25) is 0 Å². The maximum absolute atomic E-state index is 14.4. The van der Waals surface area contributed by atoms with Crippen LogP contribution in [-0.2, 0) is 0 Å². The summed E-state index contributed by atoms with van der Waals surface area (Å²) in [5, 5.41) is 6.94. The maximum atomic E-state index is 14.4. The highest BCUT2D eigenvalue weighted by Crippen LogP contribution is 2.29. The Labute approximate surface area is 184 Å². The molecule has 1 fully saturated rings. The van der Waals surface area contributed by atoms with Crippen LogP contribution in [0, 0.1) is 5.82 Å². The molecular formula is C24H23FN6O. The highest BCUT2D eigenvalue weighted by atomic mass is 19.1. The van der Waals surface area contributed by atoms with Crippen LogP contribution >= 0.6 is 0 Å². The second-order valence-electron chi connectivity index (χ2n) is 8.25. The van der Waals surface area contributed by atoms with Crippen molar-refractivity contribution in [2.45, 2.75) is 25.9 Å². The second-order valence-corrected chi connectivity index (χ2v) is 8.25. The van der Waals surface area contributed by atoms with Gasteiger partial charge in [-0.2, -0.15) is 0 Å². The van der Waals surface area contributed by atoms with E-state index in [1.54, 1.807) is 36.7 Å². The number of aromatic nitrogens is 3. The average molecular weight is 430 g/mol.